The van der Waals surface area contributed by atoms with E-state index in [0.717, 1.165) is 6.07 Å². The van der Waals surface area contributed by atoms with Crippen molar-refractivity contribution in [2.24, 2.45) is 0 Å². The molecule has 6 heteroatoms. The number of nitro benzene ring substituents is 1. The summed E-state index contributed by atoms with van der Waals surface area (Å²) in [6.07, 6.45) is 3.05. The van der Waals surface area contributed by atoms with Crippen molar-refractivity contribution >= 4 is 17.5 Å². The third-order valence-electron chi connectivity index (χ3n) is 3.24. The van der Waals surface area contributed by atoms with Gasteiger partial charge in [-0.1, -0.05) is 36.9 Å². The molecule has 2 aromatic rings. The molecule has 0 atom stereocenters. The lowest BCUT2D eigenvalue weighted by Crippen LogP contribution is -2.02. The Bertz CT molecular complexity index is 877. The zero-order chi connectivity index (χ0) is 18.2. The van der Waals surface area contributed by atoms with Gasteiger partial charge in [0.1, 0.15) is 24.0 Å². The van der Waals surface area contributed by atoms with Crippen LogP contribution in [0.2, 0.25) is 0 Å². The molecule has 0 amide bonds. The van der Waals surface area contributed by atoms with E-state index < -0.39 is 10.7 Å². The van der Waals surface area contributed by atoms with E-state index in [0.29, 0.717) is 17.9 Å². The Morgan fingerprint density at radius 3 is 2.60 bits per heavy atom. The van der Waals surface area contributed by atoms with E-state index in [9.17, 15) is 20.2 Å². The van der Waals surface area contributed by atoms with Crippen molar-refractivity contribution < 1.29 is 14.5 Å². The lowest BCUT2D eigenvalue weighted by Gasteiger charge is -2.03. The summed E-state index contributed by atoms with van der Waals surface area (Å²) in [7, 11) is 0. The summed E-state index contributed by atoms with van der Waals surface area (Å²) in [6.45, 7) is 3.94. The molecule has 0 heterocycles. The molecule has 0 aliphatic rings. The minimum Gasteiger partial charge on any atom is -0.490 e. The van der Waals surface area contributed by atoms with Crippen molar-refractivity contribution in [3.63, 3.8) is 0 Å². The number of hydrogen-bond acceptors (Lipinski definition) is 5. The number of nitro groups is 1. The van der Waals surface area contributed by atoms with Crippen molar-refractivity contribution in [2.45, 2.75) is 0 Å². The van der Waals surface area contributed by atoms with E-state index in [1.807, 2.05) is 6.07 Å². The summed E-state index contributed by atoms with van der Waals surface area (Å²) in [5, 5.41) is 20.1. The first-order chi connectivity index (χ1) is 12.0. The maximum Gasteiger partial charge on any atom is 0.270 e. The molecule has 124 valence electrons. The number of carbonyl (C=O) groups excluding carboxylic acids is 1. The van der Waals surface area contributed by atoms with Crippen LogP contribution in [0.3, 0.4) is 0 Å². The first kappa shape index (κ1) is 17.6. The van der Waals surface area contributed by atoms with Crippen LogP contribution in [0, 0.1) is 21.4 Å². The molecular weight excluding hydrogens is 320 g/mol. The number of nitriles is 1. The third kappa shape index (κ3) is 4.62. The number of ketones is 1. The molecule has 0 N–H and O–H groups in total. The van der Waals surface area contributed by atoms with Gasteiger partial charge >= 0.3 is 0 Å². The van der Waals surface area contributed by atoms with Crippen LogP contribution in [-0.2, 0) is 0 Å². The Morgan fingerprint density at radius 1 is 1.28 bits per heavy atom. The Kier molecular flexibility index (Phi) is 5.80. The number of non-ortho nitro benzene ring substituents is 1. The molecule has 0 saturated heterocycles. The Labute approximate surface area is 144 Å². The molecule has 2 aromatic carbocycles. The fourth-order valence-corrected chi connectivity index (χ4v) is 2.05. The zero-order valence-electron chi connectivity index (χ0n) is 13.2. The van der Waals surface area contributed by atoms with Crippen LogP contribution in [0.25, 0.3) is 6.08 Å². The highest BCUT2D eigenvalue weighted by atomic mass is 16.6. The molecule has 0 bridgehead atoms. The first-order valence-corrected chi connectivity index (χ1v) is 7.30. The number of benzene rings is 2. The predicted molar refractivity (Wildman–Crippen MR) is 93.2 cm³/mol. The molecule has 25 heavy (non-hydrogen) atoms. The third-order valence-corrected chi connectivity index (χ3v) is 3.24. The van der Waals surface area contributed by atoms with E-state index in [1.54, 1.807) is 30.3 Å². The smallest absolute Gasteiger partial charge is 0.270 e. The highest BCUT2D eigenvalue weighted by Gasteiger charge is 2.15. The van der Waals surface area contributed by atoms with Crippen molar-refractivity contribution in [1.29, 1.82) is 5.26 Å². The molecule has 0 aromatic heterocycles. The topological polar surface area (TPSA) is 93.2 Å². The molecule has 0 radical (unpaired) electrons. The minimum absolute atomic E-state index is 0.0907. The molecule has 0 saturated carbocycles. The second-order valence-corrected chi connectivity index (χ2v) is 4.98. The first-order valence-electron chi connectivity index (χ1n) is 7.30. The standard InChI is InChI=1S/C19H14N2O4/c1-2-10-25-18-8-6-14(7-9-18)11-16(13-20)19(22)15-4-3-5-17(12-15)21(23)24/h2-9,11-12H,1,10H2/b16-11+. The largest absolute Gasteiger partial charge is 0.490 e. The average Bonchev–Trinajstić information content (AvgIpc) is 2.65. The number of hydrogen-bond donors (Lipinski definition) is 0. The Balaban J connectivity index is 2.26. The summed E-state index contributed by atoms with van der Waals surface area (Å²) in [4.78, 5) is 22.6. The predicted octanol–water partition coefficient (Wildman–Crippen LogP) is 3.95. The van der Waals surface area contributed by atoms with Crippen LogP contribution in [0.1, 0.15) is 15.9 Å². The summed E-state index contributed by atoms with van der Waals surface area (Å²) in [5.41, 5.74) is 0.418. The summed E-state index contributed by atoms with van der Waals surface area (Å²) >= 11 is 0. The maximum atomic E-state index is 12.4. The van der Waals surface area contributed by atoms with Crippen LogP contribution < -0.4 is 4.74 Å². The van der Waals surface area contributed by atoms with Gasteiger partial charge in [-0.15, -0.1) is 0 Å². The van der Waals surface area contributed by atoms with Gasteiger partial charge in [-0.05, 0) is 23.8 Å². The normalized spacial score (nSPS) is 10.6. The van der Waals surface area contributed by atoms with Crippen LogP contribution in [-0.4, -0.2) is 17.3 Å². The number of allylic oxidation sites excluding steroid dienone is 1. The molecular formula is C19H14N2O4. The van der Waals surface area contributed by atoms with Crippen LogP contribution >= 0.6 is 0 Å². The molecule has 6 nitrogen and oxygen atoms in total. The van der Waals surface area contributed by atoms with E-state index >= 15 is 0 Å². The molecule has 0 spiro atoms. The highest BCUT2D eigenvalue weighted by molar-refractivity contribution is 6.14. The molecule has 0 aliphatic heterocycles. The van der Waals surface area contributed by atoms with Gasteiger partial charge in [-0.25, -0.2) is 0 Å². The number of rotatable bonds is 7. The second kappa shape index (κ2) is 8.22. The van der Waals surface area contributed by atoms with Crippen molar-refractivity contribution in [2.75, 3.05) is 6.61 Å². The Morgan fingerprint density at radius 2 is 2.00 bits per heavy atom. The fourth-order valence-electron chi connectivity index (χ4n) is 2.05. The van der Waals surface area contributed by atoms with E-state index in [4.69, 9.17) is 4.74 Å². The van der Waals surface area contributed by atoms with Gasteiger partial charge < -0.3 is 4.74 Å². The van der Waals surface area contributed by atoms with Gasteiger partial charge in [0.15, 0.2) is 0 Å². The van der Waals surface area contributed by atoms with Crippen molar-refractivity contribution in [3.8, 4) is 11.8 Å². The SMILES string of the molecule is C=CCOc1ccc(/C=C(\C#N)C(=O)c2cccc([N+](=O)[O-])c2)cc1. The lowest BCUT2D eigenvalue weighted by atomic mass is 10.0. The minimum atomic E-state index is -0.589. The fraction of sp³-hybridized carbons (Fsp3) is 0.0526. The van der Waals surface area contributed by atoms with E-state index in [-0.39, 0.29) is 16.8 Å². The number of ether oxygens (including phenoxy) is 1. The average molecular weight is 334 g/mol. The van der Waals surface area contributed by atoms with Crippen LogP contribution in [0.15, 0.2) is 66.8 Å². The quantitative estimate of drug-likeness (QED) is 0.191. The van der Waals surface area contributed by atoms with Crippen molar-refractivity contribution in [1.82, 2.24) is 0 Å². The van der Waals surface area contributed by atoms with Crippen LogP contribution in [0.4, 0.5) is 5.69 Å². The van der Waals surface area contributed by atoms with Gasteiger partial charge in [-0.3, -0.25) is 14.9 Å². The number of Topliss-reactive ketones (excluding diaryl/α,β-unsaturated/α-hetero) is 1. The number of nitrogens with zero attached hydrogens (tertiary/aromatic N) is 2. The van der Waals surface area contributed by atoms with Crippen molar-refractivity contribution in [3.05, 3.63) is 88.0 Å². The monoisotopic (exact) mass is 334 g/mol. The maximum absolute atomic E-state index is 12.4. The summed E-state index contributed by atoms with van der Waals surface area (Å²) in [6, 6.07) is 14.0. The van der Waals surface area contributed by atoms with Gasteiger partial charge in [-0.2, -0.15) is 5.26 Å². The lowest BCUT2D eigenvalue weighted by molar-refractivity contribution is -0.384. The summed E-state index contributed by atoms with van der Waals surface area (Å²) < 4.78 is 5.36. The second-order valence-electron chi connectivity index (χ2n) is 4.98. The molecule has 0 aliphatic carbocycles. The van der Waals surface area contributed by atoms with Gasteiger partial charge in [0.2, 0.25) is 5.78 Å². The molecule has 0 unspecified atom stereocenters. The van der Waals surface area contributed by atoms with Gasteiger partial charge in [0.05, 0.1) is 4.92 Å². The van der Waals surface area contributed by atoms with Gasteiger partial charge in [0.25, 0.3) is 5.69 Å². The molecule has 2 rings (SSSR count). The zero-order valence-corrected chi connectivity index (χ0v) is 13.2. The molecule has 0 fully saturated rings. The van der Waals surface area contributed by atoms with E-state index in [1.165, 1.54) is 24.3 Å². The van der Waals surface area contributed by atoms with Gasteiger partial charge in [0, 0.05) is 17.7 Å². The van der Waals surface area contributed by atoms with Crippen LogP contribution in [0.5, 0.6) is 5.75 Å². The summed E-state index contributed by atoms with van der Waals surface area (Å²) in [5.74, 6) is 0.0683. The highest BCUT2D eigenvalue weighted by Crippen LogP contribution is 2.19. The Hall–Kier alpha value is -3.72. The van der Waals surface area contributed by atoms with E-state index in [2.05, 4.69) is 6.58 Å². The number of carbonyl (C=O) groups is 1.